The number of aryl methyl sites for hydroxylation is 1. The van der Waals surface area contributed by atoms with Gasteiger partial charge >= 0.3 is 6.01 Å². The fourth-order valence-electron chi connectivity index (χ4n) is 1.73. The molecule has 9 heteroatoms. The quantitative estimate of drug-likeness (QED) is 0.857. The molecule has 0 bridgehead atoms. The summed E-state index contributed by atoms with van der Waals surface area (Å²) < 4.78 is 32.2. The van der Waals surface area contributed by atoms with E-state index in [4.69, 9.17) is 8.94 Å². The van der Waals surface area contributed by atoms with Crippen LogP contribution >= 0.6 is 0 Å². The van der Waals surface area contributed by atoms with E-state index >= 15 is 0 Å². The largest absolute Gasteiger partial charge is 0.469 e. The average Bonchev–Trinajstić information content (AvgIpc) is 2.97. The normalized spacial score (nSPS) is 11.5. The number of furan rings is 1. The zero-order valence-corrected chi connectivity index (χ0v) is 12.4. The van der Waals surface area contributed by atoms with E-state index in [0.717, 1.165) is 12.7 Å². The Morgan fingerprint density at radius 1 is 1.43 bits per heavy atom. The van der Waals surface area contributed by atoms with E-state index in [2.05, 4.69) is 15.5 Å². The molecule has 1 amide bonds. The highest BCUT2D eigenvalue weighted by Crippen LogP contribution is 2.15. The molecule has 0 aromatic carbocycles. The zero-order valence-electron chi connectivity index (χ0n) is 11.6. The minimum Gasteiger partial charge on any atom is -0.469 e. The lowest BCUT2D eigenvalue weighted by Gasteiger charge is -2.00. The second-order valence-electron chi connectivity index (χ2n) is 4.55. The van der Waals surface area contributed by atoms with E-state index in [1.54, 1.807) is 6.07 Å². The molecule has 2 aromatic heterocycles. The van der Waals surface area contributed by atoms with Crippen LogP contribution in [0.5, 0.6) is 0 Å². The summed E-state index contributed by atoms with van der Waals surface area (Å²) in [6.07, 6.45) is 3.97. The first-order valence-corrected chi connectivity index (χ1v) is 8.33. The Morgan fingerprint density at radius 3 is 2.86 bits per heavy atom. The lowest BCUT2D eigenvalue weighted by molar-refractivity contribution is 0.102. The highest BCUT2D eigenvalue weighted by atomic mass is 32.2. The van der Waals surface area contributed by atoms with Crippen LogP contribution in [0.15, 0.2) is 21.3 Å². The molecule has 0 saturated heterocycles. The summed E-state index contributed by atoms with van der Waals surface area (Å²) in [5.41, 5.74) is 0.389. The molecule has 0 spiro atoms. The summed E-state index contributed by atoms with van der Waals surface area (Å²) in [6, 6.07) is 1.40. The van der Waals surface area contributed by atoms with Gasteiger partial charge in [0.05, 0.1) is 11.8 Å². The molecule has 21 heavy (non-hydrogen) atoms. The van der Waals surface area contributed by atoms with Gasteiger partial charge in [0, 0.05) is 12.7 Å². The summed E-state index contributed by atoms with van der Waals surface area (Å²) in [4.78, 5) is 15.8. The maximum atomic E-state index is 12.0. The van der Waals surface area contributed by atoms with Crippen molar-refractivity contribution in [3.8, 4) is 0 Å². The SMILES string of the molecule is CCCc1occc1C(=O)Nc1nc(CS(C)(=O)=O)no1. The van der Waals surface area contributed by atoms with E-state index < -0.39 is 15.7 Å². The summed E-state index contributed by atoms with van der Waals surface area (Å²) in [6.45, 7) is 1.97. The summed E-state index contributed by atoms with van der Waals surface area (Å²) in [5, 5.41) is 5.91. The number of carbonyl (C=O) groups excluding carboxylic acids is 1. The van der Waals surface area contributed by atoms with E-state index in [1.165, 1.54) is 6.26 Å². The standard InChI is InChI=1S/C12H15N3O5S/c1-3-4-9-8(5-6-19-9)11(16)14-12-13-10(15-20-12)7-21(2,17)18/h5-6H,3-4,7H2,1-2H3,(H,13,14,15,16). The molecule has 2 heterocycles. The van der Waals surface area contributed by atoms with Crippen LogP contribution in [0.4, 0.5) is 6.01 Å². The molecule has 0 aliphatic rings. The number of nitrogens with one attached hydrogen (secondary N) is 1. The van der Waals surface area contributed by atoms with Crippen LogP contribution in [-0.4, -0.2) is 30.7 Å². The molecule has 1 N–H and O–H groups in total. The number of anilines is 1. The van der Waals surface area contributed by atoms with Gasteiger partial charge in [0.25, 0.3) is 5.91 Å². The van der Waals surface area contributed by atoms with Crippen LogP contribution in [0.3, 0.4) is 0 Å². The van der Waals surface area contributed by atoms with Crippen LogP contribution in [-0.2, 0) is 22.0 Å². The summed E-state index contributed by atoms with van der Waals surface area (Å²) in [7, 11) is -3.26. The number of rotatable bonds is 6. The maximum Gasteiger partial charge on any atom is 0.328 e. The van der Waals surface area contributed by atoms with Crippen molar-refractivity contribution >= 4 is 21.8 Å². The fraction of sp³-hybridized carbons (Fsp3) is 0.417. The first kappa shape index (κ1) is 15.2. The Bertz CT molecular complexity index is 732. The highest BCUT2D eigenvalue weighted by molar-refractivity contribution is 7.89. The molecule has 0 aliphatic heterocycles. The molecule has 0 fully saturated rings. The molecule has 8 nitrogen and oxygen atoms in total. The number of hydrogen-bond acceptors (Lipinski definition) is 7. The summed E-state index contributed by atoms with van der Waals surface area (Å²) in [5.74, 6) is -0.222. The van der Waals surface area contributed by atoms with Crippen LogP contribution in [0.25, 0.3) is 0 Å². The monoisotopic (exact) mass is 313 g/mol. The zero-order chi connectivity index (χ0) is 15.5. The van der Waals surface area contributed by atoms with E-state index in [0.29, 0.717) is 17.7 Å². The number of aromatic nitrogens is 2. The topological polar surface area (TPSA) is 115 Å². The highest BCUT2D eigenvalue weighted by Gasteiger charge is 2.18. The molecule has 2 rings (SSSR count). The third-order valence-electron chi connectivity index (χ3n) is 2.55. The number of carbonyl (C=O) groups is 1. The van der Waals surface area contributed by atoms with Crippen molar-refractivity contribution < 1.29 is 22.2 Å². The van der Waals surface area contributed by atoms with Gasteiger partial charge in [-0.2, -0.15) is 4.98 Å². The third-order valence-corrected chi connectivity index (χ3v) is 3.33. The Hall–Kier alpha value is -2.16. The van der Waals surface area contributed by atoms with Gasteiger partial charge in [-0.25, -0.2) is 8.42 Å². The fourth-order valence-corrected chi connectivity index (χ4v) is 2.31. The van der Waals surface area contributed by atoms with Crippen LogP contribution in [0.2, 0.25) is 0 Å². The van der Waals surface area contributed by atoms with Gasteiger partial charge in [0.15, 0.2) is 15.7 Å². The van der Waals surface area contributed by atoms with Gasteiger partial charge < -0.3 is 8.94 Å². The molecule has 2 aromatic rings. The average molecular weight is 313 g/mol. The van der Waals surface area contributed by atoms with Crippen molar-refractivity contribution in [3.63, 3.8) is 0 Å². The van der Waals surface area contributed by atoms with Crippen molar-refractivity contribution in [2.24, 2.45) is 0 Å². The number of nitrogens with zero attached hydrogens (tertiary/aromatic N) is 2. The van der Waals surface area contributed by atoms with Gasteiger partial charge in [0.1, 0.15) is 11.5 Å². The van der Waals surface area contributed by atoms with Crippen LogP contribution < -0.4 is 5.32 Å². The van der Waals surface area contributed by atoms with Crippen molar-refractivity contribution in [1.29, 1.82) is 0 Å². The molecular formula is C12H15N3O5S. The molecule has 0 aliphatic carbocycles. The third kappa shape index (κ3) is 4.15. The Labute approximate surface area is 121 Å². The van der Waals surface area contributed by atoms with E-state index in [9.17, 15) is 13.2 Å². The molecule has 0 atom stereocenters. The lowest BCUT2D eigenvalue weighted by atomic mass is 10.1. The van der Waals surface area contributed by atoms with Gasteiger partial charge in [-0.3, -0.25) is 10.1 Å². The molecular weight excluding hydrogens is 298 g/mol. The minimum absolute atomic E-state index is 0.00576. The lowest BCUT2D eigenvalue weighted by Crippen LogP contribution is -2.13. The predicted octanol–water partition coefficient (Wildman–Crippen LogP) is 1.41. The molecule has 114 valence electrons. The van der Waals surface area contributed by atoms with Crippen molar-refractivity contribution in [2.45, 2.75) is 25.5 Å². The minimum atomic E-state index is -3.26. The summed E-state index contributed by atoms with van der Waals surface area (Å²) >= 11 is 0. The number of sulfone groups is 1. The number of hydrogen-bond donors (Lipinski definition) is 1. The van der Waals surface area contributed by atoms with Gasteiger partial charge in [-0.05, 0) is 12.5 Å². The van der Waals surface area contributed by atoms with Gasteiger partial charge in [-0.15, -0.1) is 0 Å². The van der Waals surface area contributed by atoms with Crippen molar-refractivity contribution in [1.82, 2.24) is 10.1 Å². The van der Waals surface area contributed by atoms with Crippen molar-refractivity contribution in [2.75, 3.05) is 11.6 Å². The molecule has 0 radical (unpaired) electrons. The van der Waals surface area contributed by atoms with E-state index in [-0.39, 0.29) is 17.6 Å². The smallest absolute Gasteiger partial charge is 0.328 e. The van der Waals surface area contributed by atoms with Crippen molar-refractivity contribution in [3.05, 3.63) is 29.5 Å². The second-order valence-corrected chi connectivity index (χ2v) is 6.69. The Balaban J connectivity index is 2.08. The van der Waals surface area contributed by atoms with Crippen LogP contribution in [0.1, 0.15) is 35.3 Å². The molecule has 0 saturated carbocycles. The number of amides is 1. The maximum absolute atomic E-state index is 12.0. The van der Waals surface area contributed by atoms with Gasteiger partial charge in [0.2, 0.25) is 0 Å². The van der Waals surface area contributed by atoms with Crippen LogP contribution in [0, 0.1) is 0 Å². The second kappa shape index (κ2) is 6.08. The van der Waals surface area contributed by atoms with Gasteiger partial charge in [-0.1, -0.05) is 12.1 Å². The van der Waals surface area contributed by atoms with E-state index in [1.807, 2.05) is 6.92 Å². The molecule has 0 unspecified atom stereocenters. The Kier molecular flexibility index (Phi) is 4.41. The Morgan fingerprint density at radius 2 is 2.19 bits per heavy atom. The predicted molar refractivity (Wildman–Crippen MR) is 73.5 cm³/mol. The first-order valence-electron chi connectivity index (χ1n) is 6.27. The first-order chi connectivity index (χ1) is 9.89.